The van der Waals surface area contributed by atoms with Gasteiger partial charge in [-0.25, -0.2) is 4.79 Å². The number of hydrogen-bond acceptors (Lipinski definition) is 2. The molecule has 20 heavy (non-hydrogen) atoms. The van der Waals surface area contributed by atoms with Gasteiger partial charge >= 0.3 is 6.03 Å². The van der Waals surface area contributed by atoms with Crippen molar-refractivity contribution in [2.24, 2.45) is 5.73 Å². The van der Waals surface area contributed by atoms with Crippen molar-refractivity contribution in [1.82, 2.24) is 4.90 Å². The summed E-state index contributed by atoms with van der Waals surface area (Å²) in [6, 6.07) is 9.64. The highest BCUT2D eigenvalue weighted by Crippen LogP contribution is 2.38. The normalized spacial score (nSPS) is 21.6. The van der Waals surface area contributed by atoms with E-state index in [-0.39, 0.29) is 23.2 Å². The Morgan fingerprint density at radius 2 is 1.65 bits per heavy atom. The van der Waals surface area contributed by atoms with Crippen LogP contribution in [0.5, 0.6) is 0 Å². The topological polar surface area (TPSA) is 58.4 Å². The van der Waals surface area contributed by atoms with E-state index in [1.54, 1.807) is 0 Å². The zero-order valence-corrected chi connectivity index (χ0v) is 12.8. The highest BCUT2D eigenvalue weighted by atomic mass is 16.2. The number of nitrogens with one attached hydrogen (secondary N) is 1. The van der Waals surface area contributed by atoms with Gasteiger partial charge in [-0.05, 0) is 52.7 Å². The lowest BCUT2D eigenvalue weighted by Crippen LogP contribution is -2.66. The Balaban J connectivity index is 2.22. The minimum absolute atomic E-state index is 0.0573. The summed E-state index contributed by atoms with van der Waals surface area (Å²) >= 11 is 0. The van der Waals surface area contributed by atoms with E-state index in [9.17, 15) is 4.79 Å². The first kappa shape index (κ1) is 14.9. The fraction of sp³-hybridized carbons (Fsp3) is 0.562. The zero-order valence-electron chi connectivity index (χ0n) is 12.8. The minimum Gasteiger partial charge on any atom is -0.328 e. The molecule has 110 valence electrons. The van der Waals surface area contributed by atoms with Gasteiger partial charge in [-0.15, -0.1) is 0 Å². The lowest BCUT2D eigenvalue weighted by Gasteiger charge is -2.54. The van der Waals surface area contributed by atoms with E-state index in [0.29, 0.717) is 0 Å². The molecule has 0 atom stereocenters. The van der Waals surface area contributed by atoms with Crippen LogP contribution in [0.25, 0.3) is 0 Å². The van der Waals surface area contributed by atoms with Crippen molar-refractivity contribution in [3.63, 3.8) is 0 Å². The second kappa shape index (κ2) is 5.09. The molecule has 0 unspecified atom stereocenters. The Kier molecular flexibility index (Phi) is 3.78. The lowest BCUT2D eigenvalue weighted by atomic mass is 9.77. The fourth-order valence-electron chi connectivity index (χ4n) is 3.61. The third-order valence-electron chi connectivity index (χ3n) is 3.96. The van der Waals surface area contributed by atoms with Crippen LogP contribution >= 0.6 is 0 Å². The number of amides is 2. The average Bonchev–Trinajstić information content (AvgIpc) is 2.25. The van der Waals surface area contributed by atoms with Crippen LogP contribution in [-0.4, -0.2) is 28.1 Å². The van der Waals surface area contributed by atoms with Gasteiger partial charge in [0.15, 0.2) is 0 Å². The summed E-state index contributed by atoms with van der Waals surface area (Å²) < 4.78 is 0. The Hall–Kier alpha value is -1.55. The molecule has 1 fully saturated rings. The van der Waals surface area contributed by atoms with E-state index < -0.39 is 0 Å². The van der Waals surface area contributed by atoms with Gasteiger partial charge in [0.05, 0.1) is 0 Å². The molecule has 1 aliphatic rings. The number of nitrogens with two attached hydrogens (primary N) is 1. The van der Waals surface area contributed by atoms with Gasteiger partial charge in [0.2, 0.25) is 0 Å². The first-order chi connectivity index (χ1) is 9.22. The number of carbonyl (C=O) groups is 1. The molecule has 0 spiro atoms. The van der Waals surface area contributed by atoms with Crippen molar-refractivity contribution in [3.8, 4) is 0 Å². The van der Waals surface area contributed by atoms with Crippen molar-refractivity contribution >= 4 is 11.7 Å². The number of nitrogens with zero attached hydrogens (tertiary/aromatic N) is 1. The van der Waals surface area contributed by atoms with Crippen LogP contribution in [0.2, 0.25) is 0 Å². The van der Waals surface area contributed by atoms with Gasteiger partial charge in [-0.1, -0.05) is 18.2 Å². The SMILES string of the molecule is CC1(C)CC(N)CC(C)(C)N1C(=O)Nc1ccccc1. The van der Waals surface area contributed by atoms with Gasteiger partial charge in [-0.3, -0.25) is 0 Å². The molecule has 1 aliphatic heterocycles. The first-order valence-corrected chi connectivity index (χ1v) is 7.14. The highest BCUT2D eigenvalue weighted by molar-refractivity contribution is 5.90. The van der Waals surface area contributed by atoms with Crippen LogP contribution in [0.4, 0.5) is 10.5 Å². The van der Waals surface area contributed by atoms with E-state index in [1.807, 2.05) is 35.2 Å². The summed E-state index contributed by atoms with van der Waals surface area (Å²) in [5, 5.41) is 2.98. The summed E-state index contributed by atoms with van der Waals surface area (Å²) in [6.45, 7) is 8.33. The predicted molar refractivity (Wildman–Crippen MR) is 82.7 cm³/mol. The maximum atomic E-state index is 12.7. The van der Waals surface area contributed by atoms with Gasteiger partial charge in [-0.2, -0.15) is 0 Å². The molecular formula is C16H25N3O. The van der Waals surface area contributed by atoms with E-state index in [4.69, 9.17) is 5.73 Å². The fourth-order valence-corrected chi connectivity index (χ4v) is 3.61. The summed E-state index contributed by atoms with van der Waals surface area (Å²) in [5.41, 5.74) is 6.46. The summed E-state index contributed by atoms with van der Waals surface area (Å²) in [5.74, 6) is 0. The highest BCUT2D eigenvalue weighted by Gasteiger charge is 2.46. The molecule has 1 saturated heterocycles. The van der Waals surface area contributed by atoms with Crippen molar-refractivity contribution in [2.45, 2.75) is 57.7 Å². The number of para-hydroxylation sites is 1. The molecule has 0 bridgehead atoms. The van der Waals surface area contributed by atoms with Crippen molar-refractivity contribution < 1.29 is 4.79 Å². The number of piperidine rings is 1. The number of carbonyl (C=O) groups excluding carboxylic acids is 1. The smallest absolute Gasteiger partial charge is 0.322 e. The van der Waals surface area contributed by atoms with Crippen molar-refractivity contribution in [2.75, 3.05) is 5.32 Å². The monoisotopic (exact) mass is 275 g/mol. The second-order valence-corrected chi connectivity index (χ2v) is 6.92. The van der Waals surface area contributed by atoms with Gasteiger partial charge in [0.1, 0.15) is 0 Å². The molecule has 2 rings (SSSR count). The number of hydrogen-bond donors (Lipinski definition) is 2. The molecule has 1 aromatic carbocycles. The largest absolute Gasteiger partial charge is 0.328 e. The molecule has 4 heteroatoms. The standard InChI is InChI=1S/C16H25N3O/c1-15(2)10-12(17)11-16(3,4)19(15)14(20)18-13-8-6-5-7-9-13/h5-9,12H,10-11,17H2,1-4H3,(H,18,20). The molecule has 4 nitrogen and oxygen atoms in total. The number of benzene rings is 1. The maximum absolute atomic E-state index is 12.7. The third kappa shape index (κ3) is 2.96. The molecule has 0 saturated carbocycles. The number of urea groups is 1. The Bertz CT molecular complexity index is 464. The van der Waals surface area contributed by atoms with Crippen molar-refractivity contribution in [1.29, 1.82) is 0 Å². The van der Waals surface area contributed by atoms with E-state index in [2.05, 4.69) is 33.0 Å². The maximum Gasteiger partial charge on any atom is 0.322 e. The van der Waals surface area contributed by atoms with Crippen LogP contribution in [-0.2, 0) is 0 Å². The van der Waals surface area contributed by atoms with E-state index in [0.717, 1.165) is 18.5 Å². The van der Waals surface area contributed by atoms with Crippen LogP contribution in [0.15, 0.2) is 30.3 Å². The Morgan fingerprint density at radius 1 is 1.15 bits per heavy atom. The Labute approximate surface area is 121 Å². The molecule has 1 aromatic rings. The van der Waals surface area contributed by atoms with Crippen LogP contribution < -0.4 is 11.1 Å². The molecule has 0 aromatic heterocycles. The molecule has 0 radical (unpaired) electrons. The lowest BCUT2D eigenvalue weighted by molar-refractivity contribution is 0.00877. The molecule has 1 heterocycles. The average molecular weight is 275 g/mol. The number of likely N-dealkylation sites (tertiary alicyclic amines) is 1. The molecular weight excluding hydrogens is 250 g/mol. The van der Waals surface area contributed by atoms with Crippen molar-refractivity contribution in [3.05, 3.63) is 30.3 Å². The minimum atomic E-state index is -0.250. The second-order valence-electron chi connectivity index (χ2n) is 6.92. The summed E-state index contributed by atoms with van der Waals surface area (Å²) in [7, 11) is 0. The number of rotatable bonds is 1. The number of anilines is 1. The summed E-state index contributed by atoms with van der Waals surface area (Å²) in [6.07, 6.45) is 1.64. The van der Waals surface area contributed by atoms with Crippen LogP contribution in [0, 0.1) is 0 Å². The first-order valence-electron chi connectivity index (χ1n) is 7.14. The van der Waals surface area contributed by atoms with E-state index in [1.165, 1.54) is 0 Å². The molecule has 3 N–H and O–H groups in total. The van der Waals surface area contributed by atoms with Crippen LogP contribution in [0.1, 0.15) is 40.5 Å². The Morgan fingerprint density at radius 3 is 2.15 bits per heavy atom. The van der Waals surface area contributed by atoms with Gasteiger partial charge in [0, 0.05) is 22.8 Å². The third-order valence-corrected chi connectivity index (χ3v) is 3.96. The van der Waals surface area contributed by atoms with Gasteiger partial charge in [0.25, 0.3) is 0 Å². The summed E-state index contributed by atoms with van der Waals surface area (Å²) in [4.78, 5) is 14.6. The quantitative estimate of drug-likeness (QED) is 0.827. The van der Waals surface area contributed by atoms with E-state index >= 15 is 0 Å². The zero-order chi connectivity index (χ0) is 15.0. The molecule has 2 amide bonds. The molecule has 0 aliphatic carbocycles. The van der Waals surface area contributed by atoms with Gasteiger partial charge < -0.3 is 16.0 Å². The predicted octanol–water partition coefficient (Wildman–Crippen LogP) is 3.20. The van der Waals surface area contributed by atoms with Crippen LogP contribution in [0.3, 0.4) is 0 Å².